The minimum Gasteiger partial charge on any atom is -0.367 e. The molecule has 1 atom stereocenters. The number of hydrogen-bond acceptors (Lipinski definition) is 3. The average Bonchev–Trinajstić information content (AvgIpc) is 2.07. The molecule has 5 heteroatoms. The lowest BCUT2D eigenvalue weighted by molar-refractivity contribution is 0.203. The first-order chi connectivity index (χ1) is 6.58. The summed E-state index contributed by atoms with van der Waals surface area (Å²) < 4.78 is 0. The quantitative estimate of drug-likeness (QED) is 0.544. The van der Waals surface area contributed by atoms with Crippen LogP contribution in [0.4, 0.5) is 0 Å². The normalized spacial score (nSPS) is 28.4. The van der Waals surface area contributed by atoms with Crippen LogP contribution in [0.5, 0.6) is 0 Å². The molecule has 0 radical (unpaired) electrons. The van der Waals surface area contributed by atoms with Gasteiger partial charge in [0.1, 0.15) is 5.50 Å². The van der Waals surface area contributed by atoms with E-state index in [1.165, 1.54) is 0 Å². The van der Waals surface area contributed by atoms with Crippen molar-refractivity contribution in [3.63, 3.8) is 0 Å². The van der Waals surface area contributed by atoms with E-state index in [1.807, 2.05) is 24.2 Å². The van der Waals surface area contributed by atoms with Gasteiger partial charge in [-0.1, -0.05) is 23.2 Å². The summed E-state index contributed by atoms with van der Waals surface area (Å²) in [5, 5.41) is 0.733. The van der Waals surface area contributed by atoms with Gasteiger partial charge in [-0.05, 0) is 6.08 Å². The Bertz CT molecular complexity index is 294. The average molecular weight is 234 g/mol. The molecule has 0 saturated carbocycles. The minimum absolute atomic E-state index is 0.121. The SMILES string of the molecule is CN1C=C(Cl)C(N2CC(N)C2)=CC1Cl. The zero-order chi connectivity index (χ0) is 10.3. The number of alkyl halides is 1. The topological polar surface area (TPSA) is 32.5 Å². The molecule has 0 amide bonds. The summed E-state index contributed by atoms with van der Waals surface area (Å²) in [5.41, 5.74) is 6.59. The van der Waals surface area contributed by atoms with E-state index in [4.69, 9.17) is 28.9 Å². The molecule has 2 N–H and O–H groups in total. The van der Waals surface area contributed by atoms with Gasteiger partial charge >= 0.3 is 0 Å². The molecule has 14 heavy (non-hydrogen) atoms. The predicted octanol–water partition coefficient (Wildman–Crippen LogP) is 1.10. The van der Waals surface area contributed by atoms with Crippen molar-refractivity contribution < 1.29 is 0 Å². The van der Waals surface area contributed by atoms with E-state index < -0.39 is 0 Å². The fourth-order valence-corrected chi connectivity index (χ4v) is 2.12. The van der Waals surface area contributed by atoms with Crippen LogP contribution in [0.2, 0.25) is 0 Å². The molecule has 3 nitrogen and oxygen atoms in total. The lowest BCUT2D eigenvalue weighted by Crippen LogP contribution is -2.55. The Labute approximate surface area is 93.7 Å². The second-order valence-electron chi connectivity index (χ2n) is 3.73. The summed E-state index contributed by atoms with van der Waals surface area (Å²) in [7, 11) is 1.90. The van der Waals surface area contributed by atoms with Gasteiger partial charge in [0, 0.05) is 32.4 Å². The van der Waals surface area contributed by atoms with E-state index >= 15 is 0 Å². The largest absolute Gasteiger partial charge is 0.367 e. The number of allylic oxidation sites excluding steroid dienone is 1. The highest BCUT2D eigenvalue weighted by Crippen LogP contribution is 2.29. The Balaban J connectivity index is 2.11. The third-order valence-corrected chi connectivity index (χ3v) is 3.22. The molecule has 0 bridgehead atoms. The molecule has 0 aromatic heterocycles. The molecule has 0 aliphatic carbocycles. The van der Waals surface area contributed by atoms with E-state index in [0.29, 0.717) is 0 Å². The third kappa shape index (κ3) is 1.72. The van der Waals surface area contributed by atoms with Crippen molar-refractivity contribution in [1.82, 2.24) is 9.80 Å². The molecule has 0 aromatic carbocycles. The molecular formula is C9H13Cl2N3. The molecule has 1 unspecified atom stereocenters. The number of likely N-dealkylation sites (tertiary alicyclic amines) is 1. The molecule has 2 rings (SSSR count). The van der Waals surface area contributed by atoms with E-state index in [1.54, 1.807) is 0 Å². The highest BCUT2D eigenvalue weighted by atomic mass is 35.5. The Morgan fingerprint density at radius 2 is 2.14 bits per heavy atom. The Morgan fingerprint density at radius 3 is 2.71 bits per heavy atom. The van der Waals surface area contributed by atoms with E-state index in [-0.39, 0.29) is 11.5 Å². The first kappa shape index (κ1) is 10.1. The van der Waals surface area contributed by atoms with Crippen molar-refractivity contribution >= 4 is 23.2 Å². The van der Waals surface area contributed by atoms with Gasteiger partial charge in [0.05, 0.1) is 10.7 Å². The van der Waals surface area contributed by atoms with Crippen LogP contribution in [-0.2, 0) is 0 Å². The minimum atomic E-state index is -0.121. The first-order valence-corrected chi connectivity index (χ1v) is 5.35. The molecule has 0 aromatic rings. The molecule has 2 aliphatic heterocycles. The van der Waals surface area contributed by atoms with Crippen LogP contribution in [0.25, 0.3) is 0 Å². The van der Waals surface area contributed by atoms with Gasteiger partial charge in [0.15, 0.2) is 0 Å². The lowest BCUT2D eigenvalue weighted by atomic mass is 10.1. The maximum absolute atomic E-state index is 6.11. The van der Waals surface area contributed by atoms with Gasteiger partial charge in [-0.15, -0.1) is 0 Å². The van der Waals surface area contributed by atoms with Crippen LogP contribution >= 0.6 is 23.2 Å². The van der Waals surface area contributed by atoms with Crippen LogP contribution in [0.3, 0.4) is 0 Å². The Morgan fingerprint density at radius 1 is 1.50 bits per heavy atom. The van der Waals surface area contributed by atoms with Crippen LogP contribution in [-0.4, -0.2) is 41.5 Å². The van der Waals surface area contributed by atoms with Crippen molar-refractivity contribution in [3.05, 3.63) is 23.0 Å². The van der Waals surface area contributed by atoms with E-state index in [2.05, 4.69) is 4.90 Å². The van der Waals surface area contributed by atoms with Crippen molar-refractivity contribution in [2.24, 2.45) is 5.73 Å². The van der Waals surface area contributed by atoms with Crippen LogP contribution in [0.1, 0.15) is 0 Å². The van der Waals surface area contributed by atoms with Crippen molar-refractivity contribution in [2.45, 2.75) is 11.5 Å². The molecular weight excluding hydrogens is 221 g/mol. The summed E-state index contributed by atoms with van der Waals surface area (Å²) >= 11 is 12.2. The maximum Gasteiger partial charge on any atom is 0.124 e. The zero-order valence-corrected chi connectivity index (χ0v) is 9.46. The highest BCUT2D eigenvalue weighted by Gasteiger charge is 2.29. The summed E-state index contributed by atoms with van der Waals surface area (Å²) in [5.74, 6) is 0. The first-order valence-electron chi connectivity index (χ1n) is 4.54. The lowest BCUT2D eigenvalue weighted by Gasteiger charge is -2.42. The fraction of sp³-hybridized carbons (Fsp3) is 0.556. The van der Waals surface area contributed by atoms with E-state index in [0.717, 1.165) is 23.8 Å². The summed E-state index contributed by atoms with van der Waals surface area (Å²) in [6.07, 6.45) is 3.80. The van der Waals surface area contributed by atoms with Gasteiger partial charge in [-0.25, -0.2) is 0 Å². The van der Waals surface area contributed by atoms with Gasteiger partial charge in [0.2, 0.25) is 0 Å². The smallest absolute Gasteiger partial charge is 0.124 e. The van der Waals surface area contributed by atoms with Gasteiger partial charge in [-0.2, -0.15) is 0 Å². The summed E-state index contributed by atoms with van der Waals surface area (Å²) in [6, 6.07) is 0.272. The molecule has 78 valence electrons. The summed E-state index contributed by atoms with van der Waals surface area (Å²) in [4.78, 5) is 4.01. The third-order valence-electron chi connectivity index (χ3n) is 2.50. The molecule has 2 aliphatic rings. The number of hydrogen-bond donors (Lipinski definition) is 1. The van der Waals surface area contributed by atoms with Crippen molar-refractivity contribution in [2.75, 3.05) is 20.1 Å². The monoisotopic (exact) mass is 233 g/mol. The van der Waals surface area contributed by atoms with E-state index in [9.17, 15) is 0 Å². The van der Waals surface area contributed by atoms with Crippen molar-refractivity contribution in [3.8, 4) is 0 Å². The number of halogens is 2. The number of nitrogens with zero attached hydrogens (tertiary/aromatic N) is 2. The number of likely N-dealkylation sites (N-methyl/N-ethyl adjacent to an activating group) is 1. The summed E-state index contributed by atoms with van der Waals surface area (Å²) in [6.45, 7) is 1.73. The Hall–Kier alpha value is -0.380. The highest BCUT2D eigenvalue weighted by molar-refractivity contribution is 6.32. The Kier molecular flexibility index (Phi) is 2.64. The number of nitrogens with two attached hydrogens (primary N) is 1. The van der Waals surface area contributed by atoms with Crippen LogP contribution < -0.4 is 5.73 Å². The second-order valence-corrected chi connectivity index (χ2v) is 4.59. The van der Waals surface area contributed by atoms with Gasteiger partial charge < -0.3 is 15.5 Å². The second kappa shape index (κ2) is 3.65. The van der Waals surface area contributed by atoms with Crippen molar-refractivity contribution in [1.29, 1.82) is 0 Å². The molecule has 2 heterocycles. The number of rotatable bonds is 1. The van der Waals surface area contributed by atoms with Gasteiger partial charge in [0.25, 0.3) is 0 Å². The standard InChI is InChI=1S/C9H13Cl2N3/c1-13-5-7(10)8(2-9(13)11)14-3-6(12)4-14/h2,5-6,9H,3-4,12H2,1H3. The maximum atomic E-state index is 6.11. The molecule has 1 saturated heterocycles. The predicted molar refractivity (Wildman–Crippen MR) is 59.0 cm³/mol. The zero-order valence-electron chi connectivity index (χ0n) is 7.95. The van der Waals surface area contributed by atoms with Crippen LogP contribution in [0, 0.1) is 0 Å². The van der Waals surface area contributed by atoms with Gasteiger partial charge in [-0.3, -0.25) is 0 Å². The molecule has 1 fully saturated rings. The molecule has 0 spiro atoms. The van der Waals surface area contributed by atoms with Crippen LogP contribution in [0.15, 0.2) is 23.0 Å². The fourth-order valence-electron chi connectivity index (χ4n) is 1.61.